The zero-order chi connectivity index (χ0) is 23.5. The molecule has 0 bridgehead atoms. The lowest BCUT2D eigenvalue weighted by atomic mass is 9.95. The van der Waals surface area contributed by atoms with E-state index in [1.807, 2.05) is 13.8 Å². The van der Waals surface area contributed by atoms with Gasteiger partial charge >= 0.3 is 0 Å². The summed E-state index contributed by atoms with van der Waals surface area (Å²) in [6.45, 7) is 4.56. The van der Waals surface area contributed by atoms with Crippen LogP contribution in [0.4, 0.5) is 4.39 Å². The minimum Gasteiger partial charge on any atom is -0.507 e. The number of carbonyl (C=O) groups excluding carboxylic acids is 2. The highest BCUT2D eigenvalue weighted by molar-refractivity contribution is 6.46. The van der Waals surface area contributed by atoms with Gasteiger partial charge in [0.1, 0.15) is 23.1 Å². The van der Waals surface area contributed by atoms with Crippen LogP contribution in [0.3, 0.4) is 0 Å². The fourth-order valence-electron chi connectivity index (χ4n) is 3.76. The molecule has 1 saturated heterocycles. The van der Waals surface area contributed by atoms with E-state index >= 15 is 0 Å². The first-order valence-corrected chi connectivity index (χ1v) is 10.6. The number of benzene rings is 2. The minimum absolute atomic E-state index is 0.0463. The lowest BCUT2D eigenvalue weighted by molar-refractivity contribution is -0.140. The highest BCUT2D eigenvalue weighted by Crippen LogP contribution is 2.41. The highest BCUT2D eigenvalue weighted by atomic mass is 19.1. The van der Waals surface area contributed by atoms with Crippen molar-refractivity contribution in [3.05, 3.63) is 95.2 Å². The van der Waals surface area contributed by atoms with Crippen molar-refractivity contribution in [2.45, 2.75) is 26.4 Å². The molecular formula is C26H24FNO5. The van der Waals surface area contributed by atoms with Gasteiger partial charge in [0.05, 0.1) is 31.0 Å². The van der Waals surface area contributed by atoms with Gasteiger partial charge in [0.2, 0.25) is 0 Å². The van der Waals surface area contributed by atoms with Crippen molar-refractivity contribution in [2.24, 2.45) is 5.92 Å². The number of ketones is 1. The summed E-state index contributed by atoms with van der Waals surface area (Å²) in [6, 6.07) is 14.7. The fraction of sp³-hybridized carbons (Fsp3) is 0.231. The van der Waals surface area contributed by atoms with Gasteiger partial charge in [0.25, 0.3) is 11.7 Å². The highest BCUT2D eigenvalue weighted by Gasteiger charge is 2.47. The Morgan fingerprint density at radius 2 is 1.82 bits per heavy atom. The van der Waals surface area contributed by atoms with Gasteiger partial charge in [-0.25, -0.2) is 4.39 Å². The molecule has 7 heteroatoms. The maximum absolute atomic E-state index is 14.8. The molecule has 1 atom stereocenters. The molecule has 1 aliphatic heterocycles. The third-order valence-corrected chi connectivity index (χ3v) is 5.36. The van der Waals surface area contributed by atoms with Crippen LogP contribution in [-0.2, 0) is 16.1 Å². The van der Waals surface area contributed by atoms with Gasteiger partial charge in [-0.3, -0.25) is 9.59 Å². The first-order valence-electron chi connectivity index (χ1n) is 10.6. The van der Waals surface area contributed by atoms with Crippen molar-refractivity contribution in [2.75, 3.05) is 6.61 Å². The van der Waals surface area contributed by atoms with Gasteiger partial charge in [0.15, 0.2) is 0 Å². The predicted molar refractivity (Wildman–Crippen MR) is 120 cm³/mol. The average Bonchev–Trinajstić information content (AvgIpc) is 3.40. The van der Waals surface area contributed by atoms with Crippen molar-refractivity contribution >= 4 is 17.4 Å². The molecule has 6 nitrogen and oxygen atoms in total. The number of furan rings is 1. The van der Waals surface area contributed by atoms with Crippen molar-refractivity contribution in [3.8, 4) is 5.75 Å². The second-order valence-corrected chi connectivity index (χ2v) is 8.26. The number of hydrogen-bond donors (Lipinski definition) is 1. The summed E-state index contributed by atoms with van der Waals surface area (Å²) in [4.78, 5) is 27.1. The van der Waals surface area contributed by atoms with Crippen molar-refractivity contribution in [3.63, 3.8) is 0 Å². The second-order valence-electron chi connectivity index (χ2n) is 8.26. The zero-order valence-corrected chi connectivity index (χ0v) is 18.3. The van der Waals surface area contributed by atoms with E-state index in [9.17, 15) is 19.1 Å². The fourth-order valence-corrected chi connectivity index (χ4v) is 3.76. The van der Waals surface area contributed by atoms with E-state index in [1.165, 1.54) is 29.4 Å². The molecule has 4 rings (SSSR count). The smallest absolute Gasteiger partial charge is 0.296 e. The molecule has 33 heavy (non-hydrogen) atoms. The molecule has 2 heterocycles. The Balaban J connectivity index is 1.77. The molecule has 1 aliphatic rings. The molecule has 2 aromatic carbocycles. The molecule has 170 valence electrons. The van der Waals surface area contributed by atoms with Crippen LogP contribution < -0.4 is 4.74 Å². The van der Waals surface area contributed by atoms with Crippen molar-refractivity contribution in [1.82, 2.24) is 4.90 Å². The normalized spacial score (nSPS) is 17.7. The van der Waals surface area contributed by atoms with E-state index in [0.29, 0.717) is 29.6 Å². The summed E-state index contributed by atoms with van der Waals surface area (Å²) in [6.07, 6.45) is 1.45. The Hall–Kier alpha value is -3.87. The SMILES string of the molecule is CC(C)COc1ccc(/C(O)=C2/C(=O)C(=O)N(Cc3ccco3)C2c2ccccc2F)cc1. The maximum Gasteiger partial charge on any atom is 0.296 e. The summed E-state index contributed by atoms with van der Waals surface area (Å²) in [5, 5.41) is 11.1. The van der Waals surface area contributed by atoms with E-state index < -0.39 is 23.5 Å². The first-order chi connectivity index (χ1) is 15.9. The quantitative estimate of drug-likeness (QED) is 0.309. The lowest BCUT2D eigenvalue weighted by Crippen LogP contribution is -2.29. The number of hydrogen-bond acceptors (Lipinski definition) is 5. The molecule has 0 aliphatic carbocycles. The molecule has 0 saturated carbocycles. The Morgan fingerprint density at radius 1 is 1.09 bits per heavy atom. The number of amides is 1. The molecule has 0 spiro atoms. The van der Waals surface area contributed by atoms with Crippen LogP contribution in [0.5, 0.6) is 5.75 Å². The van der Waals surface area contributed by atoms with Gasteiger partial charge < -0.3 is 19.2 Å². The van der Waals surface area contributed by atoms with E-state index in [0.717, 1.165) is 0 Å². The van der Waals surface area contributed by atoms with E-state index in [2.05, 4.69) is 0 Å². The van der Waals surface area contributed by atoms with Gasteiger partial charge in [-0.05, 0) is 48.4 Å². The standard InChI is InChI=1S/C26H24FNO5/c1-16(2)15-33-18-11-9-17(10-12-18)24(29)22-23(20-7-3-4-8-21(20)27)28(26(31)25(22)30)14-19-6-5-13-32-19/h3-13,16,23,29H,14-15H2,1-2H3/b24-22-. The number of nitrogens with zero attached hydrogens (tertiary/aromatic N) is 1. The van der Waals surface area contributed by atoms with Crippen LogP contribution in [0.15, 0.2) is 76.9 Å². The Morgan fingerprint density at radius 3 is 2.45 bits per heavy atom. The van der Waals surface area contributed by atoms with Crippen molar-refractivity contribution < 1.29 is 28.2 Å². The average molecular weight is 449 g/mol. The Bertz CT molecular complexity index is 1180. The number of Topliss-reactive ketones (excluding diaryl/α,β-unsaturated/α-hetero) is 1. The summed E-state index contributed by atoms with van der Waals surface area (Å²) in [7, 11) is 0. The van der Waals surface area contributed by atoms with Crippen LogP contribution >= 0.6 is 0 Å². The monoisotopic (exact) mass is 449 g/mol. The number of ether oxygens (including phenoxy) is 1. The summed E-state index contributed by atoms with van der Waals surface area (Å²) < 4.78 is 25.8. The van der Waals surface area contributed by atoms with Crippen LogP contribution in [0, 0.1) is 11.7 Å². The number of aliphatic hydroxyl groups is 1. The largest absolute Gasteiger partial charge is 0.507 e. The van der Waals surface area contributed by atoms with Crippen molar-refractivity contribution in [1.29, 1.82) is 0 Å². The summed E-state index contributed by atoms with van der Waals surface area (Å²) >= 11 is 0. The lowest BCUT2D eigenvalue weighted by Gasteiger charge is -2.24. The van der Waals surface area contributed by atoms with Gasteiger partial charge in [-0.2, -0.15) is 0 Å². The van der Waals surface area contributed by atoms with Gasteiger partial charge in [-0.1, -0.05) is 32.0 Å². The number of halogens is 1. The number of aliphatic hydroxyl groups excluding tert-OH is 1. The van der Waals surface area contributed by atoms with Crippen LogP contribution in [-0.4, -0.2) is 28.3 Å². The molecule has 1 unspecified atom stereocenters. The summed E-state index contributed by atoms with van der Waals surface area (Å²) in [5.41, 5.74) is 0.262. The molecule has 1 N–H and O–H groups in total. The van der Waals surface area contributed by atoms with Crippen LogP contribution in [0.1, 0.15) is 36.8 Å². The van der Waals surface area contributed by atoms with Crippen LogP contribution in [0.25, 0.3) is 5.76 Å². The zero-order valence-electron chi connectivity index (χ0n) is 18.3. The number of rotatable bonds is 7. The topological polar surface area (TPSA) is 80.0 Å². The van der Waals surface area contributed by atoms with E-state index in [1.54, 1.807) is 42.5 Å². The minimum atomic E-state index is -1.10. The molecule has 1 aromatic heterocycles. The Kier molecular flexibility index (Phi) is 6.31. The molecule has 3 aromatic rings. The number of likely N-dealkylation sites (tertiary alicyclic amines) is 1. The third kappa shape index (κ3) is 4.53. The van der Waals surface area contributed by atoms with E-state index in [4.69, 9.17) is 9.15 Å². The predicted octanol–water partition coefficient (Wildman–Crippen LogP) is 5.08. The van der Waals surface area contributed by atoms with Gasteiger partial charge in [0, 0.05) is 11.1 Å². The second kappa shape index (κ2) is 9.32. The molecular weight excluding hydrogens is 425 g/mol. The van der Waals surface area contributed by atoms with Gasteiger partial charge in [-0.15, -0.1) is 0 Å². The molecule has 1 fully saturated rings. The van der Waals surface area contributed by atoms with E-state index in [-0.39, 0.29) is 23.4 Å². The molecule has 1 amide bonds. The molecule has 0 radical (unpaired) electrons. The Labute approximate surface area is 190 Å². The summed E-state index contributed by atoms with van der Waals surface area (Å²) in [5.74, 6) is -1.28. The maximum atomic E-state index is 14.8. The third-order valence-electron chi connectivity index (χ3n) is 5.36. The first kappa shape index (κ1) is 22.3. The number of carbonyl (C=O) groups is 2. The van der Waals surface area contributed by atoms with Crippen LogP contribution in [0.2, 0.25) is 0 Å².